The molecule has 0 spiro atoms. The quantitative estimate of drug-likeness (QED) is 0.698. The van der Waals surface area contributed by atoms with E-state index < -0.39 is 11.5 Å². The number of hydrogen-bond donors (Lipinski definition) is 1. The number of primary amides is 1. The first-order valence-corrected chi connectivity index (χ1v) is 6.76. The van der Waals surface area contributed by atoms with Gasteiger partial charge in [-0.2, -0.15) is 5.10 Å². The molecule has 0 unspecified atom stereocenters. The molecule has 0 aliphatic rings. The fraction of sp³-hybridized carbons (Fsp3) is 0.0833. The van der Waals surface area contributed by atoms with Crippen molar-refractivity contribution in [2.75, 3.05) is 0 Å². The van der Waals surface area contributed by atoms with E-state index in [0.717, 1.165) is 4.68 Å². The fourth-order valence-corrected chi connectivity index (χ4v) is 2.55. The highest BCUT2D eigenvalue weighted by molar-refractivity contribution is 7.15. The number of nitrogens with two attached hydrogens (primary N) is 1. The number of nitrogens with zero attached hydrogens (tertiary/aromatic N) is 4. The largest absolute Gasteiger partial charge is 0.364 e. The van der Waals surface area contributed by atoms with Gasteiger partial charge in [0.2, 0.25) is 0 Å². The number of thiazole rings is 1. The maximum absolute atomic E-state index is 11.9. The summed E-state index contributed by atoms with van der Waals surface area (Å²) in [4.78, 5) is 39.5. The number of carbonyl (C=O) groups is 1. The van der Waals surface area contributed by atoms with Crippen LogP contribution in [0.2, 0.25) is 0 Å². The first kappa shape index (κ1) is 13.2. The molecule has 0 saturated heterocycles. The molecule has 0 radical (unpaired) electrons. The van der Waals surface area contributed by atoms with E-state index in [1.807, 2.05) is 0 Å². The highest BCUT2D eigenvalue weighted by Gasteiger charge is 2.08. The Morgan fingerprint density at radius 1 is 1.29 bits per heavy atom. The molecule has 0 aliphatic heterocycles. The predicted octanol–water partition coefficient (Wildman–Crippen LogP) is -0.540. The van der Waals surface area contributed by atoms with Gasteiger partial charge < -0.3 is 5.73 Å². The Labute approximate surface area is 121 Å². The third-order valence-corrected chi connectivity index (χ3v) is 3.54. The van der Waals surface area contributed by atoms with Gasteiger partial charge >= 0.3 is 0 Å². The van der Waals surface area contributed by atoms with Crippen LogP contribution in [-0.4, -0.2) is 25.1 Å². The Kier molecular flexibility index (Phi) is 3.10. The Morgan fingerprint density at radius 2 is 2.10 bits per heavy atom. The predicted molar refractivity (Wildman–Crippen MR) is 75.5 cm³/mol. The molecule has 0 aromatic carbocycles. The lowest BCUT2D eigenvalue weighted by Crippen LogP contribution is -2.27. The van der Waals surface area contributed by atoms with E-state index in [4.69, 9.17) is 5.73 Å². The monoisotopic (exact) mass is 303 g/mol. The number of aromatic nitrogens is 4. The van der Waals surface area contributed by atoms with Crippen LogP contribution in [0.1, 0.15) is 16.2 Å². The van der Waals surface area contributed by atoms with Gasteiger partial charge in [0.1, 0.15) is 5.69 Å². The Morgan fingerprint density at radius 3 is 2.86 bits per heavy atom. The molecule has 0 saturated carbocycles. The average molecular weight is 303 g/mol. The Balaban J connectivity index is 2.05. The number of carbonyl (C=O) groups excluding carboxylic acids is 1. The van der Waals surface area contributed by atoms with Crippen LogP contribution in [0.3, 0.4) is 0 Å². The Bertz CT molecular complexity index is 955. The van der Waals surface area contributed by atoms with Crippen LogP contribution in [0.15, 0.2) is 39.4 Å². The minimum Gasteiger partial charge on any atom is -0.364 e. The second-order valence-electron chi connectivity index (χ2n) is 4.22. The highest BCUT2D eigenvalue weighted by atomic mass is 32.1. The molecule has 3 aromatic heterocycles. The van der Waals surface area contributed by atoms with Crippen LogP contribution >= 0.6 is 11.3 Å². The van der Waals surface area contributed by atoms with Crippen molar-refractivity contribution in [2.45, 2.75) is 6.54 Å². The lowest BCUT2D eigenvalue weighted by molar-refractivity contribution is 0.0993. The summed E-state index contributed by atoms with van der Waals surface area (Å²) in [5.74, 6) is -0.731. The van der Waals surface area contributed by atoms with Gasteiger partial charge in [-0.05, 0) is 6.07 Å². The zero-order valence-corrected chi connectivity index (χ0v) is 11.4. The van der Waals surface area contributed by atoms with Gasteiger partial charge in [0, 0.05) is 23.7 Å². The highest BCUT2D eigenvalue weighted by Crippen LogP contribution is 2.06. The number of rotatable bonds is 3. The molecule has 21 heavy (non-hydrogen) atoms. The van der Waals surface area contributed by atoms with Crippen LogP contribution < -0.4 is 16.9 Å². The van der Waals surface area contributed by atoms with Crippen molar-refractivity contribution in [3.63, 3.8) is 0 Å². The normalized spacial score (nSPS) is 10.9. The van der Waals surface area contributed by atoms with E-state index in [0.29, 0.717) is 10.7 Å². The van der Waals surface area contributed by atoms with Crippen LogP contribution in [0.5, 0.6) is 0 Å². The van der Waals surface area contributed by atoms with Gasteiger partial charge in [-0.25, -0.2) is 9.67 Å². The summed E-state index contributed by atoms with van der Waals surface area (Å²) in [5.41, 5.74) is 4.84. The third kappa shape index (κ3) is 2.46. The maximum atomic E-state index is 11.9. The molecule has 8 nitrogen and oxygen atoms in total. The van der Waals surface area contributed by atoms with Gasteiger partial charge in [0.25, 0.3) is 17.0 Å². The zero-order valence-electron chi connectivity index (χ0n) is 10.6. The van der Waals surface area contributed by atoms with Crippen molar-refractivity contribution in [2.24, 2.45) is 5.73 Å². The van der Waals surface area contributed by atoms with Crippen molar-refractivity contribution in [1.29, 1.82) is 0 Å². The second-order valence-corrected chi connectivity index (χ2v) is 5.09. The molecule has 0 bridgehead atoms. The van der Waals surface area contributed by atoms with E-state index in [-0.39, 0.29) is 17.8 Å². The summed E-state index contributed by atoms with van der Waals surface area (Å²) < 4.78 is 2.45. The summed E-state index contributed by atoms with van der Waals surface area (Å²) in [6, 6.07) is 3.78. The number of hydrogen-bond acceptors (Lipinski definition) is 6. The van der Waals surface area contributed by atoms with Crippen LogP contribution in [0.25, 0.3) is 4.96 Å². The summed E-state index contributed by atoms with van der Waals surface area (Å²) in [7, 11) is 0. The molecule has 1 amide bonds. The van der Waals surface area contributed by atoms with Crippen molar-refractivity contribution >= 4 is 22.2 Å². The molecule has 9 heteroatoms. The van der Waals surface area contributed by atoms with Gasteiger partial charge in [0.05, 0.1) is 12.2 Å². The van der Waals surface area contributed by atoms with Gasteiger partial charge in [-0.1, -0.05) is 0 Å². The molecular weight excluding hydrogens is 294 g/mol. The topological polar surface area (TPSA) is 112 Å². The molecule has 3 aromatic rings. The summed E-state index contributed by atoms with van der Waals surface area (Å²) in [5, 5.41) is 5.59. The molecule has 3 heterocycles. The van der Waals surface area contributed by atoms with Crippen molar-refractivity contribution in [3.8, 4) is 0 Å². The first-order chi connectivity index (χ1) is 10.0. The van der Waals surface area contributed by atoms with Gasteiger partial charge in [-0.3, -0.25) is 18.8 Å². The lowest BCUT2D eigenvalue weighted by Gasteiger charge is -2.05. The average Bonchev–Trinajstić information content (AvgIpc) is 2.90. The molecule has 3 rings (SSSR count). The fourth-order valence-electron chi connectivity index (χ4n) is 1.82. The van der Waals surface area contributed by atoms with E-state index in [1.165, 1.54) is 33.9 Å². The van der Waals surface area contributed by atoms with E-state index >= 15 is 0 Å². The summed E-state index contributed by atoms with van der Waals surface area (Å²) in [6.45, 7) is -0.0103. The minimum absolute atomic E-state index is 0.0103. The zero-order chi connectivity index (χ0) is 15.0. The molecule has 0 atom stereocenters. The Hall–Kier alpha value is -2.81. The van der Waals surface area contributed by atoms with Gasteiger partial charge in [0.15, 0.2) is 4.96 Å². The minimum atomic E-state index is -0.731. The SMILES string of the molecule is NC(=O)c1ccc(=O)n(Cc2cc(=O)n3ccsc3n2)n1. The second kappa shape index (κ2) is 4.94. The summed E-state index contributed by atoms with van der Waals surface area (Å²) in [6.07, 6.45) is 1.62. The lowest BCUT2D eigenvalue weighted by atomic mass is 10.3. The van der Waals surface area contributed by atoms with Gasteiger partial charge in [-0.15, -0.1) is 11.3 Å². The molecule has 106 valence electrons. The van der Waals surface area contributed by atoms with Crippen LogP contribution in [0, 0.1) is 0 Å². The summed E-state index contributed by atoms with van der Waals surface area (Å²) >= 11 is 1.31. The van der Waals surface area contributed by atoms with E-state index in [9.17, 15) is 14.4 Å². The number of amides is 1. The first-order valence-electron chi connectivity index (χ1n) is 5.88. The van der Waals surface area contributed by atoms with Crippen molar-refractivity contribution < 1.29 is 4.79 Å². The molecule has 2 N–H and O–H groups in total. The van der Waals surface area contributed by atoms with E-state index in [1.54, 1.807) is 11.6 Å². The third-order valence-electron chi connectivity index (χ3n) is 2.79. The van der Waals surface area contributed by atoms with Crippen molar-refractivity contribution in [3.05, 3.63) is 61.9 Å². The maximum Gasteiger partial charge on any atom is 0.269 e. The van der Waals surface area contributed by atoms with Crippen molar-refractivity contribution in [1.82, 2.24) is 19.2 Å². The molecular formula is C12H9N5O3S. The number of fused-ring (bicyclic) bond motifs is 1. The smallest absolute Gasteiger partial charge is 0.269 e. The standard InChI is InChI=1S/C12H9N5O3S/c13-11(20)8-1-2-9(18)17(15-8)6-7-5-10(19)16-3-4-21-12(16)14-7/h1-5H,6H2,(H2,13,20). The van der Waals surface area contributed by atoms with E-state index in [2.05, 4.69) is 10.1 Å². The molecule has 0 fully saturated rings. The van der Waals surface area contributed by atoms with Crippen LogP contribution in [-0.2, 0) is 6.54 Å². The van der Waals surface area contributed by atoms with Crippen LogP contribution in [0.4, 0.5) is 0 Å². The molecule has 0 aliphatic carbocycles.